The van der Waals surface area contributed by atoms with Crippen molar-refractivity contribution in [2.24, 2.45) is 0 Å². The van der Waals surface area contributed by atoms with Crippen molar-refractivity contribution >= 4 is 17.5 Å². The summed E-state index contributed by atoms with van der Waals surface area (Å²) >= 11 is 0. The molecular formula is C17H30O4. The number of unbranched alkanes of at least 4 members (excludes halogenated alkanes) is 8. The summed E-state index contributed by atoms with van der Waals surface area (Å²) < 4.78 is 4.96. The van der Waals surface area contributed by atoms with Gasteiger partial charge in [0.2, 0.25) is 0 Å². The van der Waals surface area contributed by atoms with E-state index < -0.39 is 5.97 Å². The van der Waals surface area contributed by atoms with Gasteiger partial charge in [-0.1, -0.05) is 44.9 Å². The molecule has 0 atom stereocenters. The summed E-state index contributed by atoms with van der Waals surface area (Å²) in [6.45, 7) is 3.47. The van der Waals surface area contributed by atoms with Gasteiger partial charge in [-0.15, -0.1) is 0 Å². The molecular weight excluding hydrogens is 268 g/mol. The molecule has 0 aliphatic rings. The van der Waals surface area contributed by atoms with Crippen molar-refractivity contribution in [2.75, 3.05) is 6.61 Å². The van der Waals surface area contributed by atoms with Gasteiger partial charge in [-0.2, -0.15) is 0 Å². The van der Waals surface area contributed by atoms with Crippen molar-refractivity contribution < 1.29 is 19.1 Å². The number of hydrogen-bond donors (Lipinski definition) is 0. The van der Waals surface area contributed by atoms with E-state index in [-0.39, 0.29) is 12.2 Å². The average molecular weight is 298 g/mol. The fourth-order valence-corrected chi connectivity index (χ4v) is 2.15. The van der Waals surface area contributed by atoms with E-state index in [0.29, 0.717) is 12.4 Å². The standard InChI is InChI=1S/C17H30O4/c1-15(18)12-10-8-6-4-3-5-7-9-11-13-21-17(20)14-16(2)19/h3-14H2,1-2H3. The van der Waals surface area contributed by atoms with Crippen LogP contribution < -0.4 is 0 Å². The molecule has 0 fully saturated rings. The molecule has 0 saturated heterocycles. The van der Waals surface area contributed by atoms with Crippen LogP contribution in [0.1, 0.15) is 84.5 Å². The van der Waals surface area contributed by atoms with E-state index in [2.05, 4.69) is 0 Å². The predicted octanol–water partition coefficient (Wildman–Crippen LogP) is 4.00. The second-order valence-electron chi connectivity index (χ2n) is 5.73. The summed E-state index contributed by atoms with van der Waals surface area (Å²) in [4.78, 5) is 32.5. The third-order valence-corrected chi connectivity index (χ3v) is 3.33. The molecule has 0 aliphatic carbocycles. The average Bonchev–Trinajstić information content (AvgIpc) is 2.38. The second kappa shape index (κ2) is 13.8. The van der Waals surface area contributed by atoms with Crippen LogP contribution in [0.5, 0.6) is 0 Å². The second-order valence-corrected chi connectivity index (χ2v) is 5.73. The van der Waals surface area contributed by atoms with E-state index in [9.17, 15) is 14.4 Å². The number of rotatable bonds is 14. The topological polar surface area (TPSA) is 60.4 Å². The molecule has 0 bridgehead atoms. The van der Waals surface area contributed by atoms with Crippen LogP contribution in [0.3, 0.4) is 0 Å². The molecule has 0 spiro atoms. The third-order valence-electron chi connectivity index (χ3n) is 3.33. The molecule has 0 rings (SSSR count). The molecule has 4 nitrogen and oxygen atoms in total. The van der Waals surface area contributed by atoms with Crippen molar-refractivity contribution in [1.82, 2.24) is 0 Å². The van der Waals surface area contributed by atoms with Crippen LogP contribution in [-0.4, -0.2) is 24.1 Å². The Morgan fingerprint density at radius 3 is 1.62 bits per heavy atom. The minimum atomic E-state index is -0.409. The maximum Gasteiger partial charge on any atom is 0.313 e. The highest BCUT2D eigenvalue weighted by Crippen LogP contribution is 2.10. The van der Waals surface area contributed by atoms with Gasteiger partial charge in [0.15, 0.2) is 0 Å². The van der Waals surface area contributed by atoms with E-state index in [1.165, 1.54) is 32.6 Å². The Hall–Kier alpha value is -1.19. The lowest BCUT2D eigenvalue weighted by atomic mass is 10.1. The number of ketones is 2. The van der Waals surface area contributed by atoms with E-state index in [0.717, 1.165) is 38.5 Å². The normalized spacial score (nSPS) is 10.4. The molecule has 0 aromatic heterocycles. The first kappa shape index (κ1) is 19.8. The SMILES string of the molecule is CC(=O)CCCCCCCCCCCOC(=O)CC(C)=O. The molecule has 0 amide bonds. The maximum absolute atomic E-state index is 11.1. The van der Waals surface area contributed by atoms with Crippen LogP contribution in [0.2, 0.25) is 0 Å². The summed E-state index contributed by atoms with van der Waals surface area (Å²) in [7, 11) is 0. The van der Waals surface area contributed by atoms with E-state index >= 15 is 0 Å². The smallest absolute Gasteiger partial charge is 0.313 e. The quantitative estimate of drug-likeness (QED) is 0.276. The number of carbonyl (C=O) groups is 3. The van der Waals surface area contributed by atoms with Gasteiger partial charge >= 0.3 is 5.97 Å². The first-order valence-corrected chi connectivity index (χ1v) is 8.17. The van der Waals surface area contributed by atoms with Gasteiger partial charge in [-0.05, 0) is 26.7 Å². The Morgan fingerprint density at radius 1 is 0.667 bits per heavy atom. The van der Waals surface area contributed by atoms with Crippen molar-refractivity contribution in [3.05, 3.63) is 0 Å². The third kappa shape index (κ3) is 16.8. The number of ether oxygens (including phenoxy) is 1. The summed E-state index contributed by atoms with van der Waals surface area (Å²) in [5.74, 6) is -0.268. The summed E-state index contributed by atoms with van der Waals surface area (Å²) in [6, 6.07) is 0. The van der Waals surface area contributed by atoms with Crippen LogP contribution in [0, 0.1) is 0 Å². The van der Waals surface area contributed by atoms with Gasteiger partial charge in [0, 0.05) is 6.42 Å². The zero-order valence-corrected chi connectivity index (χ0v) is 13.6. The lowest BCUT2D eigenvalue weighted by molar-refractivity contribution is -0.145. The van der Waals surface area contributed by atoms with Crippen LogP contribution in [0.4, 0.5) is 0 Å². The van der Waals surface area contributed by atoms with Crippen LogP contribution >= 0.6 is 0 Å². The van der Waals surface area contributed by atoms with Crippen LogP contribution in [-0.2, 0) is 19.1 Å². The molecule has 21 heavy (non-hydrogen) atoms. The zero-order valence-electron chi connectivity index (χ0n) is 13.6. The van der Waals surface area contributed by atoms with E-state index in [4.69, 9.17) is 4.74 Å². The van der Waals surface area contributed by atoms with Crippen molar-refractivity contribution in [2.45, 2.75) is 84.5 Å². The molecule has 0 aliphatic heterocycles. The number of carbonyl (C=O) groups excluding carboxylic acids is 3. The van der Waals surface area contributed by atoms with E-state index in [1.54, 1.807) is 6.92 Å². The molecule has 4 heteroatoms. The Bertz CT molecular complexity index is 310. The van der Waals surface area contributed by atoms with Crippen LogP contribution in [0.15, 0.2) is 0 Å². The molecule has 0 heterocycles. The number of Topliss-reactive ketones (excluding diaryl/α,β-unsaturated/α-hetero) is 2. The minimum Gasteiger partial charge on any atom is -0.465 e. The fraction of sp³-hybridized carbons (Fsp3) is 0.824. The molecule has 0 radical (unpaired) electrons. The summed E-state index contributed by atoms with van der Waals surface area (Å²) in [6.07, 6.45) is 10.8. The molecule has 0 unspecified atom stereocenters. The highest BCUT2D eigenvalue weighted by atomic mass is 16.5. The van der Waals surface area contributed by atoms with Gasteiger partial charge in [0.1, 0.15) is 18.0 Å². The Kier molecular flexibility index (Phi) is 13.0. The largest absolute Gasteiger partial charge is 0.465 e. The highest BCUT2D eigenvalue weighted by Gasteiger charge is 2.05. The fourth-order valence-electron chi connectivity index (χ4n) is 2.15. The van der Waals surface area contributed by atoms with Crippen LogP contribution in [0.25, 0.3) is 0 Å². The van der Waals surface area contributed by atoms with Crippen molar-refractivity contribution in [3.8, 4) is 0 Å². The van der Waals surface area contributed by atoms with E-state index in [1.807, 2.05) is 0 Å². The summed E-state index contributed by atoms with van der Waals surface area (Å²) in [5, 5.41) is 0. The predicted molar refractivity (Wildman–Crippen MR) is 83.1 cm³/mol. The van der Waals surface area contributed by atoms with Gasteiger partial charge in [-0.25, -0.2) is 0 Å². The van der Waals surface area contributed by atoms with Gasteiger partial charge in [0.25, 0.3) is 0 Å². The zero-order chi connectivity index (χ0) is 15.9. The monoisotopic (exact) mass is 298 g/mol. The molecule has 122 valence electrons. The van der Waals surface area contributed by atoms with Crippen molar-refractivity contribution in [3.63, 3.8) is 0 Å². The lowest BCUT2D eigenvalue weighted by Crippen LogP contribution is -2.09. The number of hydrogen-bond acceptors (Lipinski definition) is 4. The molecule has 0 aromatic rings. The maximum atomic E-state index is 11.1. The Morgan fingerprint density at radius 2 is 1.14 bits per heavy atom. The highest BCUT2D eigenvalue weighted by molar-refractivity contribution is 5.94. The van der Waals surface area contributed by atoms with Gasteiger partial charge in [-0.3, -0.25) is 9.59 Å². The molecule has 0 aromatic carbocycles. The van der Waals surface area contributed by atoms with Crippen molar-refractivity contribution in [1.29, 1.82) is 0 Å². The molecule has 0 N–H and O–H groups in total. The summed E-state index contributed by atoms with van der Waals surface area (Å²) in [5.41, 5.74) is 0. The lowest BCUT2D eigenvalue weighted by Gasteiger charge is -2.04. The Labute approximate surface area is 128 Å². The Balaban J connectivity index is 3.14. The number of esters is 1. The first-order valence-electron chi connectivity index (χ1n) is 8.17. The van der Waals surface area contributed by atoms with Gasteiger partial charge < -0.3 is 9.53 Å². The van der Waals surface area contributed by atoms with Gasteiger partial charge in [0.05, 0.1) is 6.61 Å². The minimum absolute atomic E-state index is 0.108. The first-order chi connectivity index (χ1) is 10.0. The molecule has 0 saturated carbocycles.